The number of aliphatic imine (C=N–C) groups is 1. The Hall–Kier alpha value is -1.67. The van der Waals surface area contributed by atoms with E-state index < -0.39 is 15.7 Å². The van der Waals surface area contributed by atoms with Crippen LogP contribution in [0.25, 0.3) is 0 Å². The lowest BCUT2D eigenvalue weighted by atomic mass is 9.93. The van der Waals surface area contributed by atoms with Gasteiger partial charge in [0, 0.05) is 31.4 Å². The molecule has 0 amide bonds. The Morgan fingerprint density at radius 1 is 1.30 bits per heavy atom. The lowest BCUT2D eigenvalue weighted by molar-refractivity contribution is 0.0739. The third-order valence-electron chi connectivity index (χ3n) is 5.54. The van der Waals surface area contributed by atoms with E-state index in [1.807, 2.05) is 6.92 Å². The molecule has 1 unspecified atom stereocenters. The fourth-order valence-electron chi connectivity index (χ4n) is 3.82. The molecule has 0 bridgehead atoms. The van der Waals surface area contributed by atoms with Crippen molar-refractivity contribution >= 4 is 15.8 Å². The summed E-state index contributed by atoms with van der Waals surface area (Å²) in [5, 5.41) is 6.64. The molecule has 1 fully saturated rings. The molecule has 30 heavy (non-hydrogen) atoms. The van der Waals surface area contributed by atoms with Gasteiger partial charge in [0.05, 0.1) is 12.3 Å². The summed E-state index contributed by atoms with van der Waals surface area (Å²) in [5.74, 6) is 0.838. The summed E-state index contributed by atoms with van der Waals surface area (Å²) in [6.07, 6.45) is 3.69. The van der Waals surface area contributed by atoms with E-state index >= 15 is 0 Å². The lowest BCUT2D eigenvalue weighted by Crippen LogP contribution is -2.56. The van der Waals surface area contributed by atoms with E-state index in [4.69, 9.17) is 0 Å². The van der Waals surface area contributed by atoms with E-state index in [9.17, 15) is 12.8 Å². The first-order valence-electron chi connectivity index (χ1n) is 10.7. The van der Waals surface area contributed by atoms with Crippen molar-refractivity contribution < 1.29 is 12.8 Å². The molecule has 2 N–H and O–H groups in total. The fourth-order valence-corrected chi connectivity index (χ4v) is 4.67. The second kappa shape index (κ2) is 10.6. The Morgan fingerprint density at radius 2 is 2.03 bits per heavy atom. The first kappa shape index (κ1) is 24.6. The van der Waals surface area contributed by atoms with Crippen molar-refractivity contribution in [3.05, 3.63) is 35.1 Å². The summed E-state index contributed by atoms with van der Waals surface area (Å²) in [6.45, 7) is 12.6. The van der Waals surface area contributed by atoms with Crippen molar-refractivity contribution in [3.8, 4) is 0 Å². The predicted octanol–water partition coefficient (Wildman–Crippen LogP) is 2.94. The molecule has 1 heterocycles. The number of piperidine rings is 1. The summed E-state index contributed by atoms with van der Waals surface area (Å²) in [6, 6.07) is 4.19. The van der Waals surface area contributed by atoms with Crippen molar-refractivity contribution in [1.29, 1.82) is 0 Å². The van der Waals surface area contributed by atoms with Crippen LogP contribution in [-0.4, -0.2) is 57.3 Å². The normalized spacial score (nSPS) is 19.0. The Kier molecular flexibility index (Phi) is 8.67. The van der Waals surface area contributed by atoms with Gasteiger partial charge in [-0.1, -0.05) is 13.0 Å². The number of nitrogens with zero attached hydrogens (tertiary/aromatic N) is 2. The molecule has 2 rings (SSSR count). The van der Waals surface area contributed by atoms with Crippen molar-refractivity contribution in [3.63, 3.8) is 0 Å². The standard InChI is InChI=1S/C22H37FN4O2S/c1-6-24-21(26-16-22(3,4)27-11-7-8-17(2)14-27)25-13-19-12-20(23)10-9-18(19)15-30(5,28)29/h9-10,12,17H,6-8,11,13-16H2,1-5H3,(H2,24,25,26). The van der Waals surface area contributed by atoms with Crippen LogP contribution >= 0.6 is 0 Å². The number of benzene rings is 1. The van der Waals surface area contributed by atoms with Gasteiger partial charge in [0.1, 0.15) is 5.82 Å². The number of likely N-dealkylation sites (tertiary alicyclic amines) is 1. The molecule has 1 aromatic carbocycles. The average Bonchev–Trinajstić information content (AvgIpc) is 2.65. The topological polar surface area (TPSA) is 73.8 Å². The van der Waals surface area contributed by atoms with Gasteiger partial charge in [-0.2, -0.15) is 0 Å². The minimum atomic E-state index is -3.22. The molecule has 1 aliphatic heterocycles. The van der Waals surface area contributed by atoms with Gasteiger partial charge < -0.3 is 10.6 Å². The Bertz CT molecular complexity index is 840. The van der Waals surface area contributed by atoms with Gasteiger partial charge >= 0.3 is 0 Å². The molecule has 1 aliphatic rings. The number of sulfone groups is 1. The number of nitrogens with one attached hydrogen (secondary N) is 2. The van der Waals surface area contributed by atoms with Gasteiger partial charge in [-0.15, -0.1) is 0 Å². The van der Waals surface area contributed by atoms with Crippen LogP contribution in [0.4, 0.5) is 4.39 Å². The van der Waals surface area contributed by atoms with E-state index in [1.165, 1.54) is 37.3 Å². The molecule has 0 aromatic heterocycles. The molecule has 170 valence electrons. The highest BCUT2D eigenvalue weighted by molar-refractivity contribution is 7.89. The molecule has 6 nitrogen and oxygen atoms in total. The molecule has 0 aliphatic carbocycles. The van der Waals surface area contributed by atoms with Gasteiger partial charge in [0.15, 0.2) is 15.8 Å². The number of hydrogen-bond acceptors (Lipinski definition) is 4. The summed E-state index contributed by atoms with van der Waals surface area (Å²) in [5.41, 5.74) is 1.15. The van der Waals surface area contributed by atoms with Crippen LogP contribution < -0.4 is 10.6 Å². The second-order valence-corrected chi connectivity index (χ2v) is 11.2. The highest BCUT2D eigenvalue weighted by Gasteiger charge is 2.30. The van der Waals surface area contributed by atoms with Crippen LogP contribution in [0.15, 0.2) is 23.2 Å². The maximum Gasteiger partial charge on any atom is 0.191 e. The van der Waals surface area contributed by atoms with E-state index in [0.717, 1.165) is 19.6 Å². The van der Waals surface area contributed by atoms with Gasteiger partial charge in [-0.25, -0.2) is 17.8 Å². The van der Waals surface area contributed by atoms with Gasteiger partial charge in [-0.3, -0.25) is 4.90 Å². The van der Waals surface area contributed by atoms with Crippen LogP contribution in [-0.2, 0) is 22.1 Å². The first-order valence-corrected chi connectivity index (χ1v) is 12.8. The van der Waals surface area contributed by atoms with Gasteiger partial charge in [-0.05, 0) is 69.3 Å². The van der Waals surface area contributed by atoms with Crippen molar-refractivity contribution in [2.24, 2.45) is 10.9 Å². The zero-order chi connectivity index (χ0) is 22.4. The van der Waals surface area contributed by atoms with Crippen LogP contribution in [0.3, 0.4) is 0 Å². The fraction of sp³-hybridized carbons (Fsp3) is 0.682. The highest BCUT2D eigenvalue weighted by Crippen LogP contribution is 2.23. The SMILES string of the molecule is CCNC(=NCc1cc(F)ccc1CS(C)(=O)=O)NCC(C)(C)N1CCCC(C)C1. The van der Waals surface area contributed by atoms with Crippen LogP contribution in [0.2, 0.25) is 0 Å². The number of halogens is 1. The van der Waals surface area contributed by atoms with Crippen LogP contribution in [0.5, 0.6) is 0 Å². The smallest absolute Gasteiger partial charge is 0.191 e. The molecule has 0 radical (unpaired) electrons. The lowest BCUT2D eigenvalue weighted by Gasteiger charge is -2.43. The Morgan fingerprint density at radius 3 is 2.67 bits per heavy atom. The third kappa shape index (κ3) is 7.87. The predicted molar refractivity (Wildman–Crippen MR) is 122 cm³/mol. The number of rotatable bonds is 8. The molecule has 1 saturated heterocycles. The van der Waals surface area contributed by atoms with Crippen LogP contribution in [0.1, 0.15) is 51.7 Å². The van der Waals surface area contributed by atoms with E-state index in [0.29, 0.717) is 29.5 Å². The minimum absolute atomic E-state index is 0.0226. The summed E-state index contributed by atoms with van der Waals surface area (Å²) in [4.78, 5) is 7.12. The Labute approximate surface area is 181 Å². The third-order valence-corrected chi connectivity index (χ3v) is 6.37. The average molecular weight is 441 g/mol. The summed E-state index contributed by atoms with van der Waals surface area (Å²) in [7, 11) is -3.22. The van der Waals surface area contributed by atoms with E-state index in [-0.39, 0.29) is 17.8 Å². The van der Waals surface area contributed by atoms with Crippen molar-refractivity contribution in [2.75, 3.05) is 32.4 Å². The molecule has 1 aromatic rings. The zero-order valence-electron chi connectivity index (χ0n) is 19.0. The molecule has 0 spiro atoms. The second-order valence-electron chi connectivity index (χ2n) is 9.04. The largest absolute Gasteiger partial charge is 0.357 e. The van der Waals surface area contributed by atoms with E-state index in [1.54, 1.807) is 0 Å². The highest BCUT2D eigenvalue weighted by atomic mass is 32.2. The summed E-state index contributed by atoms with van der Waals surface area (Å²) < 4.78 is 37.2. The Balaban J connectivity index is 2.10. The molecule has 1 atom stereocenters. The monoisotopic (exact) mass is 440 g/mol. The van der Waals surface area contributed by atoms with Crippen molar-refractivity contribution in [1.82, 2.24) is 15.5 Å². The van der Waals surface area contributed by atoms with Gasteiger partial charge in [0.25, 0.3) is 0 Å². The van der Waals surface area contributed by atoms with Crippen molar-refractivity contribution in [2.45, 2.75) is 58.4 Å². The molecule has 8 heteroatoms. The van der Waals surface area contributed by atoms with Gasteiger partial charge in [0.2, 0.25) is 0 Å². The number of guanidine groups is 1. The number of hydrogen-bond donors (Lipinski definition) is 2. The minimum Gasteiger partial charge on any atom is -0.357 e. The quantitative estimate of drug-likeness (QED) is 0.480. The maximum absolute atomic E-state index is 13.8. The van der Waals surface area contributed by atoms with E-state index in [2.05, 4.69) is 41.3 Å². The molecular weight excluding hydrogens is 403 g/mol. The first-order chi connectivity index (χ1) is 14.0. The van der Waals surface area contributed by atoms with Crippen LogP contribution in [0, 0.1) is 11.7 Å². The molecular formula is C22H37FN4O2S. The maximum atomic E-state index is 13.8. The molecule has 0 saturated carbocycles. The summed E-state index contributed by atoms with van der Waals surface area (Å²) >= 11 is 0. The zero-order valence-corrected chi connectivity index (χ0v) is 19.8.